The minimum Gasteiger partial charge on any atom is -0.457 e. The molecule has 11 rings (SSSR count). The molecule has 0 aliphatic carbocycles. The Bertz CT molecular complexity index is 2620. The number of pyridine rings is 1. The van der Waals surface area contributed by atoms with Crippen LogP contribution < -0.4 is 35.3 Å². The highest BCUT2D eigenvalue weighted by molar-refractivity contribution is 7.23. The first-order chi connectivity index (χ1) is 24.2. The first-order valence-corrected chi connectivity index (χ1v) is 18.8. The summed E-state index contributed by atoms with van der Waals surface area (Å²) in [7, 11) is -0.411. The van der Waals surface area contributed by atoms with E-state index in [0.29, 0.717) is 0 Å². The molecule has 3 aliphatic rings. The van der Waals surface area contributed by atoms with Crippen LogP contribution in [-0.4, -0.2) is 31.3 Å². The quantitative estimate of drug-likeness (QED) is 0.191. The third-order valence-electron chi connectivity index (χ3n) is 10.8. The summed E-state index contributed by atoms with van der Waals surface area (Å²) in [5, 5.41) is 8.21. The summed E-state index contributed by atoms with van der Waals surface area (Å²) in [4.78, 5) is 9.60. The Labute approximate surface area is 284 Å². The number of hydrogen-bond acceptors (Lipinski definition) is 4. The van der Waals surface area contributed by atoms with Crippen molar-refractivity contribution in [2.75, 3.05) is 23.5 Å². The van der Waals surface area contributed by atoms with Crippen LogP contribution in [0.4, 0.5) is 17.1 Å². The van der Waals surface area contributed by atoms with Crippen molar-refractivity contribution in [2.45, 2.75) is 0 Å². The van der Waals surface area contributed by atoms with Crippen LogP contribution in [0.1, 0.15) is 0 Å². The normalized spacial score (nSPS) is 14.6. The fraction of sp³-hybridized carbons (Fsp3) is 0.0465. The molecular formula is C43H30N4OSi. The number of ether oxygens (including phenoxy) is 1. The van der Waals surface area contributed by atoms with Crippen molar-refractivity contribution in [3.05, 3.63) is 152 Å². The number of anilines is 3. The predicted octanol–water partition coefficient (Wildman–Crippen LogP) is 7.19. The average Bonchev–Trinajstić information content (AvgIpc) is 3.77. The van der Waals surface area contributed by atoms with Crippen LogP contribution in [0.15, 0.2) is 152 Å². The van der Waals surface area contributed by atoms with E-state index in [0.717, 1.165) is 35.0 Å². The van der Waals surface area contributed by atoms with Gasteiger partial charge in [-0.25, -0.2) is 4.98 Å². The van der Waals surface area contributed by atoms with Crippen molar-refractivity contribution in [3.8, 4) is 28.4 Å². The summed E-state index contributed by atoms with van der Waals surface area (Å²) in [5.41, 5.74) is 8.80. The van der Waals surface area contributed by atoms with E-state index in [1.54, 1.807) is 0 Å². The van der Waals surface area contributed by atoms with Gasteiger partial charge in [-0.1, -0.05) is 91.0 Å². The van der Waals surface area contributed by atoms with Crippen LogP contribution >= 0.6 is 0 Å². The van der Waals surface area contributed by atoms with Crippen LogP contribution in [-0.2, 0) is 0 Å². The minimum absolute atomic E-state index is 0.798. The molecule has 0 fully saturated rings. The summed E-state index contributed by atoms with van der Waals surface area (Å²) in [5.74, 6) is 2.52. The Morgan fingerprint density at radius 1 is 0.571 bits per heavy atom. The molecular weight excluding hydrogens is 617 g/mol. The number of rotatable bonds is 3. The minimum atomic E-state index is -2.61. The van der Waals surface area contributed by atoms with Crippen molar-refractivity contribution in [2.24, 2.45) is 0 Å². The Morgan fingerprint density at radius 3 is 2.08 bits per heavy atom. The van der Waals surface area contributed by atoms with E-state index in [-0.39, 0.29) is 0 Å². The van der Waals surface area contributed by atoms with Gasteiger partial charge in [-0.3, -0.25) is 4.57 Å². The predicted molar refractivity (Wildman–Crippen MR) is 203 cm³/mol. The second-order valence-electron chi connectivity index (χ2n) is 13.3. The highest BCUT2D eigenvalue weighted by Gasteiger charge is 2.55. The highest BCUT2D eigenvalue weighted by Crippen LogP contribution is 2.46. The molecule has 2 aromatic heterocycles. The standard InChI is InChI=1S/C43H30N4OSi/c1-45-27-46-37-26-29(48-28-20-22-31-30-11-2-5-14-34(30)47(36(31)25-28)42-19-8-9-24-44-42)21-23-40(37)49(41-18-10-15-35(45)43(41)46)38-16-6-3-12-32(38)33-13-4-7-17-39(33)49/h2-26H,27H2,1H3. The maximum Gasteiger partial charge on any atom is 0.185 e. The molecule has 0 unspecified atom stereocenters. The monoisotopic (exact) mass is 646 g/mol. The molecule has 8 aromatic rings. The molecule has 5 nitrogen and oxygen atoms in total. The average molecular weight is 647 g/mol. The molecule has 1 spiro atoms. The SMILES string of the molecule is CN1CN2c3cc(Oc4ccc5c6ccccc6n(-c6ccccn6)c5c4)ccc3[Si]3(c4ccccc4-c4ccccc43)c3cccc1c32. The van der Waals surface area contributed by atoms with E-state index in [1.165, 1.54) is 59.7 Å². The van der Waals surface area contributed by atoms with Gasteiger partial charge in [0.05, 0.1) is 29.1 Å². The fourth-order valence-corrected chi connectivity index (χ4v) is 14.5. The van der Waals surface area contributed by atoms with Crippen molar-refractivity contribution >= 4 is 67.7 Å². The Morgan fingerprint density at radius 2 is 1.27 bits per heavy atom. The topological polar surface area (TPSA) is 33.5 Å². The Kier molecular flexibility index (Phi) is 5.34. The van der Waals surface area contributed by atoms with Gasteiger partial charge in [-0.15, -0.1) is 0 Å². The second kappa shape index (κ2) is 9.72. The van der Waals surface area contributed by atoms with Gasteiger partial charge >= 0.3 is 0 Å². The van der Waals surface area contributed by atoms with Gasteiger partial charge in [-0.05, 0) is 74.3 Å². The van der Waals surface area contributed by atoms with E-state index in [1.807, 2.05) is 18.3 Å². The molecule has 0 atom stereocenters. The number of fused-ring (bicyclic) bond motifs is 12. The maximum atomic E-state index is 6.80. The highest BCUT2D eigenvalue weighted by atomic mass is 28.3. The fourth-order valence-electron chi connectivity index (χ4n) is 8.94. The van der Waals surface area contributed by atoms with Crippen LogP contribution in [0, 0.1) is 0 Å². The first-order valence-electron chi connectivity index (χ1n) is 16.8. The zero-order valence-electron chi connectivity index (χ0n) is 26.8. The summed E-state index contributed by atoms with van der Waals surface area (Å²) in [6, 6.07) is 53.0. The number of nitrogens with zero attached hydrogens (tertiary/aromatic N) is 4. The summed E-state index contributed by atoms with van der Waals surface area (Å²) >= 11 is 0. The molecule has 6 aromatic carbocycles. The lowest BCUT2D eigenvalue weighted by Crippen LogP contribution is -2.75. The van der Waals surface area contributed by atoms with Gasteiger partial charge in [-0.2, -0.15) is 0 Å². The molecule has 232 valence electrons. The number of benzene rings is 6. The molecule has 0 saturated heterocycles. The lowest BCUT2D eigenvalue weighted by molar-refractivity contribution is 0.483. The summed E-state index contributed by atoms with van der Waals surface area (Å²) in [6.45, 7) is 0.798. The molecule has 3 aliphatic heterocycles. The third kappa shape index (κ3) is 3.45. The second-order valence-corrected chi connectivity index (χ2v) is 16.9. The van der Waals surface area contributed by atoms with Crippen LogP contribution in [0.2, 0.25) is 0 Å². The Hall–Kier alpha value is -6.11. The van der Waals surface area contributed by atoms with Gasteiger partial charge in [0.2, 0.25) is 0 Å². The van der Waals surface area contributed by atoms with Gasteiger partial charge < -0.3 is 14.5 Å². The van der Waals surface area contributed by atoms with Crippen molar-refractivity contribution < 1.29 is 4.74 Å². The molecule has 0 saturated carbocycles. The third-order valence-corrected chi connectivity index (χ3v) is 15.8. The number of para-hydroxylation sites is 2. The molecule has 5 heterocycles. The molecule has 0 N–H and O–H groups in total. The van der Waals surface area contributed by atoms with E-state index in [4.69, 9.17) is 9.72 Å². The summed E-state index contributed by atoms with van der Waals surface area (Å²) < 4.78 is 9.02. The lowest BCUT2D eigenvalue weighted by atomic mass is 10.1. The van der Waals surface area contributed by atoms with Gasteiger partial charge in [0.25, 0.3) is 0 Å². The van der Waals surface area contributed by atoms with E-state index in [9.17, 15) is 0 Å². The van der Waals surface area contributed by atoms with Crippen LogP contribution in [0.5, 0.6) is 11.5 Å². The molecule has 0 radical (unpaired) electrons. The molecule has 0 amide bonds. The lowest BCUT2D eigenvalue weighted by Gasteiger charge is -2.41. The van der Waals surface area contributed by atoms with E-state index < -0.39 is 8.07 Å². The van der Waals surface area contributed by atoms with Crippen molar-refractivity contribution in [3.63, 3.8) is 0 Å². The number of aromatic nitrogens is 2. The van der Waals surface area contributed by atoms with Gasteiger partial charge in [0.15, 0.2) is 8.07 Å². The number of hydrogen-bond donors (Lipinski definition) is 0. The molecule has 6 heteroatoms. The summed E-state index contributed by atoms with van der Waals surface area (Å²) in [6.07, 6.45) is 1.85. The molecule has 0 bridgehead atoms. The van der Waals surface area contributed by atoms with Crippen LogP contribution in [0.25, 0.3) is 38.8 Å². The zero-order valence-corrected chi connectivity index (χ0v) is 27.8. The maximum absolute atomic E-state index is 6.80. The van der Waals surface area contributed by atoms with Crippen molar-refractivity contribution in [1.82, 2.24) is 9.55 Å². The van der Waals surface area contributed by atoms with E-state index in [2.05, 4.69) is 155 Å². The van der Waals surface area contributed by atoms with E-state index >= 15 is 0 Å². The smallest absolute Gasteiger partial charge is 0.185 e. The van der Waals surface area contributed by atoms with Crippen molar-refractivity contribution in [1.29, 1.82) is 0 Å². The Balaban J connectivity index is 1.11. The molecule has 49 heavy (non-hydrogen) atoms. The zero-order chi connectivity index (χ0) is 32.3. The van der Waals surface area contributed by atoms with Gasteiger partial charge in [0.1, 0.15) is 17.3 Å². The largest absolute Gasteiger partial charge is 0.457 e. The first kappa shape index (κ1) is 26.9. The van der Waals surface area contributed by atoms with Crippen LogP contribution in [0.3, 0.4) is 0 Å². The van der Waals surface area contributed by atoms with Gasteiger partial charge in [0, 0.05) is 41.8 Å².